The molecule has 3 nitrogen and oxygen atoms in total. The fourth-order valence-corrected chi connectivity index (χ4v) is 2.32. The van der Waals surface area contributed by atoms with Crippen molar-refractivity contribution >= 4 is 0 Å². The molecule has 0 aromatic heterocycles. The first-order valence-electron chi connectivity index (χ1n) is 6.42. The molecule has 1 heterocycles. The van der Waals surface area contributed by atoms with Gasteiger partial charge >= 0.3 is 0 Å². The standard InChI is InChI=1S/C15H19FN2O/c1-15(19)6-8-18(11-15)10-13-5-4-12(3-2-7-17)9-14(13)16/h4-5,9,19H,6-8,10-11,17H2,1H3. The van der Waals surface area contributed by atoms with Crippen LogP contribution in [-0.4, -0.2) is 35.2 Å². The van der Waals surface area contributed by atoms with Gasteiger partial charge in [-0.2, -0.15) is 0 Å². The highest BCUT2D eigenvalue weighted by Crippen LogP contribution is 2.23. The van der Waals surface area contributed by atoms with Gasteiger partial charge in [-0.3, -0.25) is 4.90 Å². The summed E-state index contributed by atoms with van der Waals surface area (Å²) in [6.07, 6.45) is 0.731. The highest BCUT2D eigenvalue weighted by molar-refractivity contribution is 5.37. The van der Waals surface area contributed by atoms with Crippen LogP contribution in [-0.2, 0) is 6.54 Å². The Morgan fingerprint density at radius 1 is 1.53 bits per heavy atom. The van der Waals surface area contributed by atoms with Crippen LogP contribution in [0.2, 0.25) is 0 Å². The van der Waals surface area contributed by atoms with Gasteiger partial charge in [0, 0.05) is 30.8 Å². The van der Waals surface area contributed by atoms with Crippen molar-refractivity contribution in [3.05, 3.63) is 35.1 Å². The molecule has 0 spiro atoms. The number of hydrogen-bond acceptors (Lipinski definition) is 3. The number of likely N-dealkylation sites (tertiary alicyclic amines) is 1. The molecule has 1 aromatic carbocycles. The van der Waals surface area contributed by atoms with Crippen molar-refractivity contribution in [2.75, 3.05) is 19.6 Å². The largest absolute Gasteiger partial charge is 0.389 e. The lowest BCUT2D eigenvalue weighted by molar-refractivity contribution is 0.0677. The van der Waals surface area contributed by atoms with E-state index in [-0.39, 0.29) is 12.4 Å². The minimum Gasteiger partial charge on any atom is -0.389 e. The second-order valence-corrected chi connectivity index (χ2v) is 5.27. The van der Waals surface area contributed by atoms with E-state index < -0.39 is 5.60 Å². The quantitative estimate of drug-likeness (QED) is 0.785. The third-order valence-electron chi connectivity index (χ3n) is 3.31. The van der Waals surface area contributed by atoms with Crippen molar-refractivity contribution in [2.45, 2.75) is 25.5 Å². The lowest BCUT2D eigenvalue weighted by Gasteiger charge is -2.19. The van der Waals surface area contributed by atoms with Crippen LogP contribution in [0.5, 0.6) is 0 Å². The fraction of sp³-hybridized carbons (Fsp3) is 0.467. The fourth-order valence-electron chi connectivity index (χ4n) is 2.32. The Morgan fingerprint density at radius 3 is 2.89 bits per heavy atom. The number of halogens is 1. The number of rotatable bonds is 2. The van der Waals surface area contributed by atoms with E-state index in [2.05, 4.69) is 16.7 Å². The van der Waals surface area contributed by atoms with Crippen molar-refractivity contribution in [1.29, 1.82) is 0 Å². The first-order valence-corrected chi connectivity index (χ1v) is 6.42. The van der Waals surface area contributed by atoms with E-state index in [1.54, 1.807) is 12.1 Å². The molecule has 2 rings (SSSR count). The molecule has 0 radical (unpaired) electrons. The maximum Gasteiger partial charge on any atom is 0.128 e. The van der Waals surface area contributed by atoms with Gasteiger partial charge in [0.2, 0.25) is 0 Å². The molecule has 0 aliphatic carbocycles. The minimum absolute atomic E-state index is 0.254. The monoisotopic (exact) mass is 262 g/mol. The van der Waals surface area contributed by atoms with Crippen molar-refractivity contribution < 1.29 is 9.50 Å². The Bertz CT molecular complexity index is 517. The van der Waals surface area contributed by atoms with E-state index in [1.165, 1.54) is 6.07 Å². The van der Waals surface area contributed by atoms with Gasteiger partial charge < -0.3 is 10.8 Å². The van der Waals surface area contributed by atoms with Gasteiger partial charge in [0.1, 0.15) is 5.82 Å². The van der Waals surface area contributed by atoms with Crippen molar-refractivity contribution in [3.63, 3.8) is 0 Å². The van der Waals surface area contributed by atoms with Crippen LogP contribution in [0, 0.1) is 17.7 Å². The molecule has 1 aliphatic heterocycles. The van der Waals surface area contributed by atoms with E-state index in [0.29, 0.717) is 24.2 Å². The highest BCUT2D eigenvalue weighted by Gasteiger charge is 2.31. The molecule has 19 heavy (non-hydrogen) atoms. The first kappa shape index (κ1) is 14.0. The Labute approximate surface area is 113 Å². The molecule has 0 saturated carbocycles. The van der Waals surface area contributed by atoms with Crippen molar-refractivity contribution in [1.82, 2.24) is 4.90 Å². The second-order valence-electron chi connectivity index (χ2n) is 5.27. The summed E-state index contributed by atoms with van der Waals surface area (Å²) in [5, 5.41) is 9.89. The molecule has 3 N–H and O–H groups in total. The Hall–Kier alpha value is -1.41. The van der Waals surface area contributed by atoms with Crippen LogP contribution in [0.4, 0.5) is 4.39 Å². The van der Waals surface area contributed by atoms with E-state index >= 15 is 0 Å². The molecular formula is C15H19FN2O. The summed E-state index contributed by atoms with van der Waals surface area (Å²) in [6, 6.07) is 4.99. The van der Waals surface area contributed by atoms with Gasteiger partial charge in [0.05, 0.1) is 12.1 Å². The van der Waals surface area contributed by atoms with Crippen LogP contribution in [0.3, 0.4) is 0 Å². The van der Waals surface area contributed by atoms with Crippen LogP contribution >= 0.6 is 0 Å². The zero-order chi connectivity index (χ0) is 13.9. The van der Waals surface area contributed by atoms with Crippen LogP contribution in [0.25, 0.3) is 0 Å². The zero-order valence-electron chi connectivity index (χ0n) is 11.1. The molecule has 1 saturated heterocycles. The normalized spacial score (nSPS) is 23.2. The maximum absolute atomic E-state index is 13.9. The number of benzene rings is 1. The number of nitrogens with zero attached hydrogens (tertiary/aromatic N) is 1. The number of aliphatic hydroxyl groups is 1. The molecule has 1 atom stereocenters. The van der Waals surface area contributed by atoms with Gasteiger partial charge in [0.15, 0.2) is 0 Å². The lowest BCUT2D eigenvalue weighted by atomic mass is 10.1. The lowest BCUT2D eigenvalue weighted by Crippen LogP contribution is -2.29. The Balaban J connectivity index is 2.06. The SMILES string of the molecule is CC1(O)CCN(Cc2ccc(C#CCN)cc2F)C1. The second kappa shape index (κ2) is 5.70. The van der Waals surface area contributed by atoms with Crippen molar-refractivity contribution in [2.24, 2.45) is 5.73 Å². The maximum atomic E-state index is 13.9. The zero-order valence-corrected chi connectivity index (χ0v) is 11.1. The summed E-state index contributed by atoms with van der Waals surface area (Å²) >= 11 is 0. The Kier molecular flexibility index (Phi) is 4.20. The third kappa shape index (κ3) is 3.77. The molecule has 4 heteroatoms. The van der Waals surface area contributed by atoms with E-state index in [9.17, 15) is 9.50 Å². The van der Waals surface area contributed by atoms with E-state index in [0.717, 1.165) is 13.0 Å². The van der Waals surface area contributed by atoms with Gasteiger partial charge in [0.25, 0.3) is 0 Å². The number of nitrogens with two attached hydrogens (primary N) is 1. The summed E-state index contributed by atoms with van der Waals surface area (Å²) in [5.41, 5.74) is 5.91. The topological polar surface area (TPSA) is 49.5 Å². The van der Waals surface area contributed by atoms with E-state index in [4.69, 9.17) is 5.73 Å². The minimum atomic E-state index is -0.650. The summed E-state index contributed by atoms with van der Waals surface area (Å²) in [7, 11) is 0. The Morgan fingerprint density at radius 2 is 2.32 bits per heavy atom. The van der Waals surface area contributed by atoms with E-state index in [1.807, 2.05) is 6.92 Å². The van der Waals surface area contributed by atoms with Gasteiger partial charge in [-0.1, -0.05) is 17.9 Å². The highest BCUT2D eigenvalue weighted by atomic mass is 19.1. The molecule has 0 bridgehead atoms. The smallest absolute Gasteiger partial charge is 0.128 e. The molecule has 1 unspecified atom stereocenters. The molecular weight excluding hydrogens is 243 g/mol. The predicted octanol–water partition coefficient (Wildman–Crippen LogP) is 1.09. The average Bonchev–Trinajstić information content (AvgIpc) is 2.69. The molecule has 1 aromatic rings. The van der Waals surface area contributed by atoms with Crippen LogP contribution < -0.4 is 5.73 Å². The van der Waals surface area contributed by atoms with Crippen LogP contribution in [0.15, 0.2) is 18.2 Å². The molecule has 1 aliphatic rings. The summed E-state index contributed by atoms with van der Waals surface area (Å²) in [6.45, 7) is 3.98. The number of hydrogen-bond donors (Lipinski definition) is 2. The first-order chi connectivity index (χ1) is 9.00. The molecule has 0 amide bonds. The molecule has 1 fully saturated rings. The van der Waals surface area contributed by atoms with Gasteiger partial charge in [-0.25, -0.2) is 4.39 Å². The summed E-state index contributed by atoms with van der Waals surface area (Å²) < 4.78 is 13.9. The van der Waals surface area contributed by atoms with Crippen molar-refractivity contribution in [3.8, 4) is 11.8 Å². The third-order valence-corrected chi connectivity index (χ3v) is 3.31. The van der Waals surface area contributed by atoms with Gasteiger partial charge in [-0.15, -0.1) is 0 Å². The van der Waals surface area contributed by atoms with Crippen LogP contribution in [0.1, 0.15) is 24.5 Å². The summed E-state index contributed by atoms with van der Waals surface area (Å²) in [4.78, 5) is 2.06. The average molecular weight is 262 g/mol. The number of β-amino-alcohol motifs (C(OH)–C–C–N with tert-alkyl or cyclic N) is 1. The van der Waals surface area contributed by atoms with Gasteiger partial charge in [-0.05, 0) is 25.5 Å². The summed E-state index contributed by atoms with van der Waals surface area (Å²) in [5.74, 6) is 5.26. The molecule has 102 valence electrons. The predicted molar refractivity (Wildman–Crippen MR) is 72.9 cm³/mol.